The number of carbonyl (C=O) groups excluding carboxylic acids is 1. The van der Waals surface area contributed by atoms with Crippen LogP contribution in [-0.4, -0.2) is 32.5 Å². The van der Waals surface area contributed by atoms with Gasteiger partial charge in [0, 0.05) is 19.2 Å². The standard InChI is InChI=1S/C19H16N4O2/c1-22(12-14-8-4-2-5-9-14)18(24)17-16(15-10-6-3-7-11-15)23-19(25-17)20-13-21-23/h2-11,13H,12H2,1H3. The van der Waals surface area contributed by atoms with Crippen LogP contribution in [0.4, 0.5) is 0 Å². The fourth-order valence-corrected chi connectivity index (χ4v) is 2.79. The van der Waals surface area contributed by atoms with Crippen LogP contribution < -0.4 is 0 Å². The molecular weight excluding hydrogens is 316 g/mol. The number of amides is 1. The molecule has 0 bridgehead atoms. The van der Waals surface area contributed by atoms with Crippen LogP contribution in [0.1, 0.15) is 16.1 Å². The zero-order valence-electron chi connectivity index (χ0n) is 13.7. The van der Waals surface area contributed by atoms with Crippen LogP contribution in [0.25, 0.3) is 17.1 Å². The fourth-order valence-electron chi connectivity index (χ4n) is 2.79. The number of aromatic nitrogens is 3. The van der Waals surface area contributed by atoms with Gasteiger partial charge in [-0.25, -0.2) is 0 Å². The zero-order chi connectivity index (χ0) is 17.2. The molecule has 0 saturated carbocycles. The summed E-state index contributed by atoms with van der Waals surface area (Å²) in [5.41, 5.74) is 2.51. The molecule has 0 aliphatic rings. The normalized spacial score (nSPS) is 10.9. The maximum Gasteiger partial charge on any atom is 0.325 e. The van der Waals surface area contributed by atoms with E-state index in [1.54, 1.807) is 16.5 Å². The van der Waals surface area contributed by atoms with Crippen molar-refractivity contribution in [3.05, 3.63) is 78.3 Å². The Morgan fingerprint density at radius 3 is 2.48 bits per heavy atom. The molecule has 0 atom stereocenters. The molecule has 2 heterocycles. The van der Waals surface area contributed by atoms with E-state index in [4.69, 9.17) is 4.42 Å². The average molecular weight is 332 g/mol. The smallest absolute Gasteiger partial charge is 0.325 e. The number of fused-ring (bicyclic) bond motifs is 1. The number of oxazole rings is 1. The number of hydrogen-bond acceptors (Lipinski definition) is 4. The second-order valence-electron chi connectivity index (χ2n) is 5.75. The lowest BCUT2D eigenvalue weighted by atomic mass is 10.1. The highest BCUT2D eigenvalue weighted by Gasteiger charge is 2.26. The predicted molar refractivity (Wildman–Crippen MR) is 92.9 cm³/mol. The van der Waals surface area contributed by atoms with Crippen molar-refractivity contribution in [1.82, 2.24) is 19.5 Å². The Kier molecular flexibility index (Phi) is 3.78. The van der Waals surface area contributed by atoms with Gasteiger partial charge in [-0.05, 0) is 5.56 Å². The zero-order valence-corrected chi connectivity index (χ0v) is 13.7. The molecular formula is C19H16N4O2. The van der Waals surface area contributed by atoms with Crippen LogP contribution >= 0.6 is 0 Å². The molecule has 4 aromatic rings. The van der Waals surface area contributed by atoms with Gasteiger partial charge in [0.25, 0.3) is 5.91 Å². The predicted octanol–water partition coefficient (Wildman–Crippen LogP) is 3.26. The quantitative estimate of drug-likeness (QED) is 0.575. The largest absolute Gasteiger partial charge is 0.416 e. The molecule has 124 valence electrons. The van der Waals surface area contributed by atoms with Crippen molar-refractivity contribution in [2.24, 2.45) is 0 Å². The van der Waals surface area contributed by atoms with Gasteiger partial charge < -0.3 is 9.32 Å². The molecule has 0 fully saturated rings. The van der Waals surface area contributed by atoms with E-state index in [-0.39, 0.29) is 11.7 Å². The Bertz CT molecular complexity index is 1010. The molecule has 2 aromatic carbocycles. The van der Waals surface area contributed by atoms with Crippen molar-refractivity contribution in [1.29, 1.82) is 0 Å². The lowest BCUT2D eigenvalue weighted by Gasteiger charge is -2.16. The van der Waals surface area contributed by atoms with Crippen LogP contribution in [-0.2, 0) is 6.54 Å². The van der Waals surface area contributed by atoms with Gasteiger partial charge in [-0.15, -0.1) is 0 Å². The Morgan fingerprint density at radius 1 is 1.08 bits per heavy atom. The highest BCUT2D eigenvalue weighted by atomic mass is 16.4. The molecule has 6 heteroatoms. The van der Waals surface area contributed by atoms with Gasteiger partial charge in [0.15, 0.2) is 0 Å². The molecule has 0 saturated heterocycles. The maximum absolute atomic E-state index is 13.0. The van der Waals surface area contributed by atoms with E-state index >= 15 is 0 Å². The summed E-state index contributed by atoms with van der Waals surface area (Å²) in [6.45, 7) is 0.490. The Labute approximate surface area is 144 Å². The number of carbonyl (C=O) groups is 1. The minimum Gasteiger partial charge on any atom is -0.416 e. The van der Waals surface area contributed by atoms with Gasteiger partial charge in [0.2, 0.25) is 5.76 Å². The first-order valence-electron chi connectivity index (χ1n) is 7.91. The molecule has 2 aromatic heterocycles. The maximum atomic E-state index is 13.0. The number of rotatable bonds is 4. The topological polar surface area (TPSA) is 63.6 Å². The van der Waals surface area contributed by atoms with E-state index < -0.39 is 0 Å². The van der Waals surface area contributed by atoms with Crippen LogP contribution in [0.5, 0.6) is 0 Å². The van der Waals surface area contributed by atoms with Crippen molar-refractivity contribution in [2.45, 2.75) is 6.54 Å². The average Bonchev–Trinajstić information content (AvgIpc) is 3.23. The Hall–Kier alpha value is -3.41. The summed E-state index contributed by atoms with van der Waals surface area (Å²) in [4.78, 5) is 18.7. The highest BCUT2D eigenvalue weighted by Crippen LogP contribution is 2.27. The lowest BCUT2D eigenvalue weighted by Crippen LogP contribution is -2.26. The van der Waals surface area contributed by atoms with Gasteiger partial charge in [-0.3, -0.25) is 4.79 Å². The van der Waals surface area contributed by atoms with Crippen molar-refractivity contribution in [3.8, 4) is 11.3 Å². The van der Waals surface area contributed by atoms with E-state index in [1.807, 2.05) is 60.7 Å². The third kappa shape index (κ3) is 2.78. The first-order valence-corrected chi connectivity index (χ1v) is 7.91. The van der Waals surface area contributed by atoms with Crippen molar-refractivity contribution in [3.63, 3.8) is 0 Å². The minimum absolute atomic E-state index is 0.213. The summed E-state index contributed by atoms with van der Waals surface area (Å²) in [5.74, 6) is 0.325. The minimum atomic E-state index is -0.213. The van der Waals surface area contributed by atoms with Gasteiger partial charge in [0.05, 0.1) is 0 Å². The molecule has 25 heavy (non-hydrogen) atoms. The molecule has 0 aliphatic heterocycles. The third-order valence-corrected chi connectivity index (χ3v) is 3.99. The molecule has 0 N–H and O–H groups in total. The first kappa shape index (κ1) is 15.1. The van der Waals surface area contributed by atoms with E-state index in [0.29, 0.717) is 18.1 Å². The monoisotopic (exact) mass is 332 g/mol. The molecule has 0 unspecified atom stereocenters. The summed E-state index contributed by atoms with van der Waals surface area (Å²) >= 11 is 0. The molecule has 1 amide bonds. The third-order valence-electron chi connectivity index (χ3n) is 3.99. The van der Waals surface area contributed by atoms with E-state index in [2.05, 4.69) is 10.1 Å². The number of hydrogen-bond donors (Lipinski definition) is 0. The molecule has 0 aliphatic carbocycles. The summed E-state index contributed by atoms with van der Waals surface area (Å²) in [7, 11) is 1.75. The SMILES string of the molecule is CN(Cc1ccccc1)C(=O)c1oc2ncnn2c1-c1ccccc1. The molecule has 0 spiro atoms. The number of nitrogens with zero attached hydrogens (tertiary/aromatic N) is 4. The summed E-state index contributed by atoms with van der Waals surface area (Å²) < 4.78 is 7.27. The van der Waals surface area contributed by atoms with E-state index in [1.165, 1.54) is 6.33 Å². The van der Waals surface area contributed by atoms with Crippen LogP contribution in [0.3, 0.4) is 0 Å². The Morgan fingerprint density at radius 2 is 1.76 bits per heavy atom. The Balaban J connectivity index is 1.73. The van der Waals surface area contributed by atoms with Crippen LogP contribution in [0.2, 0.25) is 0 Å². The summed E-state index contributed by atoms with van der Waals surface area (Å²) in [5, 5.41) is 4.18. The second-order valence-corrected chi connectivity index (χ2v) is 5.75. The first-order chi connectivity index (χ1) is 12.2. The molecule has 4 rings (SSSR count). The van der Waals surface area contributed by atoms with Gasteiger partial charge in [-0.1, -0.05) is 60.7 Å². The molecule has 6 nitrogen and oxygen atoms in total. The van der Waals surface area contributed by atoms with Gasteiger partial charge in [-0.2, -0.15) is 14.6 Å². The fraction of sp³-hybridized carbons (Fsp3) is 0.105. The van der Waals surface area contributed by atoms with Gasteiger partial charge >= 0.3 is 5.84 Å². The second kappa shape index (κ2) is 6.24. The van der Waals surface area contributed by atoms with E-state index in [0.717, 1.165) is 11.1 Å². The van der Waals surface area contributed by atoms with Gasteiger partial charge in [0.1, 0.15) is 12.0 Å². The van der Waals surface area contributed by atoms with Crippen molar-refractivity contribution in [2.75, 3.05) is 7.05 Å². The summed E-state index contributed by atoms with van der Waals surface area (Å²) in [6, 6.07) is 19.4. The number of benzene rings is 2. The lowest BCUT2D eigenvalue weighted by molar-refractivity contribution is 0.0756. The van der Waals surface area contributed by atoms with Crippen LogP contribution in [0, 0.1) is 0 Å². The van der Waals surface area contributed by atoms with Crippen molar-refractivity contribution >= 4 is 11.8 Å². The highest BCUT2D eigenvalue weighted by molar-refractivity contribution is 5.97. The molecule has 0 radical (unpaired) electrons. The van der Waals surface area contributed by atoms with Crippen molar-refractivity contribution < 1.29 is 9.21 Å². The van der Waals surface area contributed by atoms with Crippen LogP contribution in [0.15, 0.2) is 71.4 Å². The van der Waals surface area contributed by atoms with E-state index in [9.17, 15) is 4.79 Å². The summed E-state index contributed by atoms with van der Waals surface area (Å²) in [6.07, 6.45) is 1.41.